The minimum atomic E-state index is -0.0153. The molecular weight excluding hydrogens is 456 g/mol. The molecule has 4 rings (SSSR count). The third-order valence-corrected chi connectivity index (χ3v) is 6.63. The van der Waals surface area contributed by atoms with Gasteiger partial charge in [-0.05, 0) is 83.8 Å². The molecule has 174 valence electrons. The third kappa shape index (κ3) is 6.20. The molecule has 0 aliphatic carbocycles. The van der Waals surface area contributed by atoms with Gasteiger partial charge in [0.05, 0.1) is 0 Å². The summed E-state index contributed by atoms with van der Waals surface area (Å²) in [6.45, 7) is 13.3. The molecule has 4 aromatic rings. The lowest BCUT2D eigenvalue weighted by Gasteiger charge is -2.16. The van der Waals surface area contributed by atoms with E-state index in [0.29, 0.717) is 0 Å². The molecule has 0 aliphatic heterocycles. The zero-order chi connectivity index (χ0) is 24.8. The molecule has 0 bridgehead atoms. The number of hydrogen-bond donors (Lipinski definition) is 0. The summed E-state index contributed by atoms with van der Waals surface area (Å²) in [7, 11) is 0. The van der Waals surface area contributed by atoms with Crippen LogP contribution in [0.1, 0.15) is 40.2 Å². The second kappa shape index (κ2) is 11.6. The van der Waals surface area contributed by atoms with Gasteiger partial charge in [-0.2, -0.15) is 0 Å². The number of carbonyl (C=O) groups is 1. The van der Waals surface area contributed by atoms with E-state index in [9.17, 15) is 4.79 Å². The van der Waals surface area contributed by atoms with Gasteiger partial charge in [-0.15, -0.1) is 6.58 Å². The number of Topliss-reactive ketones (excluding diaryl/α,β-unsaturated/α-hetero) is 1. The summed E-state index contributed by atoms with van der Waals surface area (Å²) < 4.78 is 0. The fraction of sp³-hybridized carbons (Fsp3) is 0.194. The molecule has 0 fully saturated rings. The van der Waals surface area contributed by atoms with Crippen LogP contribution in [0.2, 0.25) is 5.02 Å². The maximum atomic E-state index is 12.6. The van der Waals surface area contributed by atoms with Gasteiger partial charge in [0.15, 0.2) is 5.78 Å². The van der Waals surface area contributed by atoms with Gasteiger partial charge < -0.3 is 0 Å². The number of ketones is 1. The first-order chi connectivity index (χ1) is 16.2. The number of fused-ring (bicyclic) bond motifs is 2. The van der Waals surface area contributed by atoms with Crippen molar-refractivity contribution < 1.29 is 4.79 Å². The van der Waals surface area contributed by atoms with Crippen LogP contribution in [0.5, 0.6) is 0 Å². The van der Waals surface area contributed by atoms with Crippen molar-refractivity contribution in [2.24, 2.45) is 5.92 Å². The quantitative estimate of drug-likeness (QED) is 0.158. The zero-order valence-corrected chi connectivity index (χ0v) is 22.1. The Balaban J connectivity index is 0.000000751. The average Bonchev–Trinajstić information content (AvgIpc) is 2.81. The maximum absolute atomic E-state index is 12.6. The monoisotopic (exact) mass is 486 g/mol. The number of benzene rings is 4. The van der Waals surface area contributed by atoms with E-state index in [1.165, 1.54) is 21.2 Å². The minimum absolute atomic E-state index is 0.0153. The molecule has 0 aliphatic rings. The van der Waals surface area contributed by atoms with E-state index in [0.717, 1.165) is 31.8 Å². The van der Waals surface area contributed by atoms with Gasteiger partial charge in [0.2, 0.25) is 0 Å². The van der Waals surface area contributed by atoms with Crippen LogP contribution >= 0.6 is 23.4 Å². The minimum Gasteiger partial charge on any atom is -0.294 e. The standard InChI is InChI=1S/C27H23ClOS.C4H8/c1-17(2)26(29)18(3)16-25-21-8-4-6-10-23(21)27(24-11-7-5-9-22(24)25)30-20-14-12-19(28)13-15-20;1-4(2)3/h4-17H,1-3H3;1H2,2-3H3/b18-16+;. The summed E-state index contributed by atoms with van der Waals surface area (Å²) in [5.74, 6) is 0.168. The molecule has 3 heteroatoms. The molecule has 0 aromatic heterocycles. The molecule has 0 unspecified atom stereocenters. The second-order valence-corrected chi connectivity index (χ2v) is 10.5. The van der Waals surface area contributed by atoms with Crippen LogP contribution in [0.3, 0.4) is 0 Å². The van der Waals surface area contributed by atoms with Crippen LogP contribution in [0.4, 0.5) is 0 Å². The van der Waals surface area contributed by atoms with Gasteiger partial charge in [0, 0.05) is 20.7 Å². The van der Waals surface area contributed by atoms with Crippen molar-refractivity contribution in [3.8, 4) is 0 Å². The molecule has 0 spiro atoms. The Morgan fingerprint density at radius 1 is 0.824 bits per heavy atom. The highest BCUT2D eigenvalue weighted by molar-refractivity contribution is 7.99. The van der Waals surface area contributed by atoms with Gasteiger partial charge >= 0.3 is 0 Å². The van der Waals surface area contributed by atoms with E-state index in [4.69, 9.17) is 11.6 Å². The highest BCUT2D eigenvalue weighted by atomic mass is 35.5. The molecule has 34 heavy (non-hydrogen) atoms. The molecule has 4 aromatic carbocycles. The maximum Gasteiger partial charge on any atom is 0.161 e. The lowest BCUT2D eigenvalue weighted by Crippen LogP contribution is -2.07. The number of halogens is 1. The largest absolute Gasteiger partial charge is 0.294 e. The smallest absolute Gasteiger partial charge is 0.161 e. The highest BCUT2D eigenvalue weighted by Gasteiger charge is 2.16. The van der Waals surface area contributed by atoms with E-state index < -0.39 is 0 Å². The van der Waals surface area contributed by atoms with Crippen LogP contribution in [0.15, 0.2) is 100 Å². The molecule has 0 saturated heterocycles. The molecule has 1 nitrogen and oxygen atoms in total. The summed E-state index contributed by atoms with van der Waals surface area (Å²) in [6, 6.07) is 24.8. The number of hydrogen-bond acceptors (Lipinski definition) is 2. The van der Waals surface area contributed by atoms with Crippen LogP contribution in [-0.4, -0.2) is 5.78 Å². The van der Waals surface area contributed by atoms with Gasteiger partial charge in [-0.25, -0.2) is 0 Å². The first kappa shape index (κ1) is 25.8. The van der Waals surface area contributed by atoms with Crippen molar-refractivity contribution in [3.63, 3.8) is 0 Å². The van der Waals surface area contributed by atoms with Gasteiger partial charge in [-0.3, -0.25) is 4.79 Å². The Morgan fingerprint density at radius 2 is 1.26 bits per heavy atom. The first-order valence-corrected chi connectivity index (χ1v) is 12.6. The van der Waals surface area contributed by atoms with Gasteiger partial charge in [0.1, 0.15) is 0 Å². The van der Waals surface area contributed by atoms with Crippen molar-refractivity contribution >= 4 is 56.8 Å². The molecule has 0 atom stereocenters. The van der Waals surface area contributed by atoms with E-state index in [-0.39, 0.29) is 11.7 Å². The number of carbonyl (C=O) groups excluding carboxylic acids is 1. The summed E-state index contributed by atoms with van der Waals surface area (Å²) in [5, 5.41) is 5.42. The predicted octanol–water partition coefficient (Wildman–Crippen LogP) is 10.0. The van der Waals surface area contributed by atoms with Gasteiger partial charge in [-0.1, -0.05) is 91.3 Å². The van der Waals surface area contributed by atoms with E-state index in [1.807, 2.05) is 46.8 Å². The normalized spacial score (nSPS) is 11.4. The van der Waals surface area contributed by atoms with Crippen LogP contribution in [0.25, 0.3) is 27.6 Å². The van der Waals surface area contributed by atoms with Crippen molar-refractivity contribution in [2.45, 2.75) is 44.4 Å². The average molecular weight is 487 g/mol. The fourth-order valence-electron chi connectivity index (χ4n) is 3.75. The molecule has 0 radical (unpaired) electrons. The van der Waals surface area contributed by atoms with Gasteiger partial charge in [0.25, 0.3) is 0 Å². The van der Waals surface area contributed by atoms with Crippen molar-refractivity contribution in [3.05, 3.63) is 101 Å². The predicted molar refractivity (Wildman–Crippen MR) is 151 cm³/mol. The SMILES string of the molecule is C/C(=C\c1c2ccccc2c(Sc2ccc(Cl)cc2)c2ccccc12)C(=O)C(C)C.C=C(C)C. The highest BCUT2D eigenvalue weighted by Crippen LogP contribution is 2.42. The van der Waals surface area contributed by atoms with Crippen molar-refractivity contribution in [1.29, 1.82) is 0 Å². The topological polar surface area (TPSA) is 17.1 Å². The number of allylic oxidation sites excluding steroid dienone is 2. The lowest BCUT2D eigenvalue weighted by atomic mass is 9.93. The fourth-order valence-corrected chi connectivity index (χ4v) is 4.96. The lowest BCUT2D eigenvalue weighted by molar-refractivity contribution is -0.118. The third-order valence-electron chi connectivity index (χ3n) is 5.23. The Bertz CT molecular complexity index is 1300. The molecule has 0 heterocycles. The molecule has 0 N–H and O–H groups in total. The van der Waals surface area contributed by atoms with Crippen molar-refractivity contribution in [2.75, 3.05) is 0 Å². The van der Waals surface area contributed by atoms with Crippen LogP contribution in [-0.2, 0) is 4.79 Å². The van der Waals surface area contributed by atoms with E-state index in [1.54, 1.807) is 11.8 Å². The Hall–Kier alpha value is -2.81. The number of rotatable bonds is 5. The zero-order valence-electron chi connectivity index (χ0n) is 20.5. The first-order valence-electron chi connectivity index (χ1n) is 11.4. The van der Waals surface area contributed by atoms with Crippen LogP contribution < -0.4 is 0 Å². The van der Waals surface area contributed by atoms with E-state index in [2.05, 4.69) is 73.3 Å². The summed E-state index contributed by atoms with van der Waals surface area (Å²) >= 11 is 7.83. The van der Waals surface area contributed by atoms with Crippen molar-refractivity contribution in [1.82, 2.24) is 0 Å². The Kier molecular flexibility index (Phi) is 8.77. The molecule has 0 amide bonds. The Morgan fingerprint density at radius 3 is 1.71 bits per heavy atom. The summed E-state index contributed by atoms with van der Waals surface area (Å²) in [4.78, 5) is 14.9. The summed E-state index contributed by atoms with van der Waals surface area (Å²) in [5.41, 5.74) is 3.06. The van der Waals surface area contributed by atoms with Crippen LogP contribution in [0, 0.1) is 5.92 Å². The second-order valence-electron chi connectivity index (χ2n) is 8.94. The van der Waals surface area contributed by atoms with E-state index >= 15 is 0 Å². The summed E-state index contributed by atoms with van der Waals surface area (Å²) in [6.07, 6.45) is 2.06. The molecule has 0 saturated carbocycles. The molecular formula is C31H31ClOS. The Labute approximate surface area is 212 Å².